The molecule has 2 heterocycles. The smallest absolute Gasteiger partial charge is 0.115 e. The maximum absolute atomic E-state index is 5.76. The summed E-state index contributed by atoms with van der Waals surface area (Å²) in [4.78, 5) is 8.22. The molecule has 114 valence electrons. The van der Waals surface area contributed by atoms with E-state index in [4.69, 9.17) is 5.73 Å². The predicted molar refractivity (Wildman–Crippen MR) is 90.6 cm³/mol. The highest BCUT2D eigenvalue weighted by Crippen LogP contribution is 2.28. The molecule has 2 aromatic heterocycles. The number of fused-ring (bicyclic) bond motifs is 1. The van der Waals surface area contributed by atoms with Crippen LogP contribution in [0.1, 0.15) is 19.4 Å². The van der Waals surface area contributed by atoms with E-state index in [1.54, 1.807) is 6.33 Å². The van der Waals surface area contributed by atoms with Gasteiger partial charge in [0.25, 0.3) is 0 Å². The summed E-state index contributed by atoms with van der Waals surface area (Å²) in [7, 11) is 0. The van der Waals surface area contributed by atoms with Crippen LogP contribution in [0.4, 0.5) is 0 Å². The summed E-state index contributed by atoms with van der Waals surface area (Å²) in [6, 6.07) is 6.57. The van der Waals surface area contributed by atoms with Crippen LogP contribution in [0, 0.1) is 5.92 Å². The van der Waals surface area contributed by atoms with Crippen molar-refractivity contribution in [1.29, 1.82) is 0 Å². The van der Waals surface area contributed by atoms with E-state index in [2.05, 4.69) is 52.8 Å². The number of aromatic nitrogens is 3. The molecule has 0 unspecified atom stereocenters. The first-order valence-corrected chi connectivity index (χ1v) is 7.76. The molecule has 4 nitrogen and oxygen atoms in total. The van der Waals surface area contributed by atoms with Crippen molar-refractivity contribution in [3.63, 3.8) is 0 Å². The molecule has 0 bridgehead atoms. The minimum Gasteiger partial charge on any atom is -0.347 e. The van der Waals surface area contributed by atoms with E-state index >= 15 is 0 Å². The van der Waals surface area contributed by atoms with Crippen LogP contribution in [0.3, 0.4) is 0 Å². The number of benzene rings is 1. The average Bonchev–Trinajstić information content (AvgIpc) is 2.85. The topological polar surface area (TPSA) is 56.7 Å². The highest BCUT2D eigenvalue weighted by molar-refractivity contribution is 5.88. The molecule has 0 fully saturated rings. The second-order valence-corrected chi connectivity index (χ2v) is 6.10. The highest BCUT2D eigenvalue weighted by atomic mass is 15.0. The molecule has 0 saturated carbocycles. The van der Waals surface area contributed by atoms with Gasteiger partial charge in [0.1, 0.15) is 6.33 Å². The summed E-state index contributed by atoms with van der Waals surface area (Å²) in [5.74, 6) is 0.602. The highest BCUT2D eigenvalue weighted by Gasteiger charge is 2.10. The van der Waals surface area contributed by atoms with Crippen LogP contribution in [-0.4, -0.2) is 21.1 Å². The first-order chi connectivity index (χ1) is 10.7. The van der Waals surface area contributed by atoms with E-state index in [-0.39, 0.29) is 0 Å². The molecule has 3 rings (SSSR count). The van der Waals surface area contributed by atoms with Crippen LogP contribution in [-0.2, 0) is 13.0 Å². The van der Waals surface area contributed by atoms with Crippen molar-refractivity contribution in [3.05, 3.63) is 48.7 Å². The molecule has 0 atom stereocenters. The van der Waals surface area contributed by atoms with Gasteiger partial charge in [0.05, 0.1) is 0 Å². The number of nitrogens with two attached hydrogens (primary N) is 1. The molecule has 0 radical (unpaired) electrons. The first-order valence-electron chi connectivity index (χ1n) is 7.76. The molecule has 0 aliphatic rings. The zero-order valence-corrected chi connectivity index (χ0v) is 13.2. The molecule has 2 N–H and O–H groups in total. The average molecular weight is 294 g/mol. The van der Waals surface area contributed by atoms with Crippen LogP contribution in [0.2, 0.25) is 0 Å². The van der Waals surface area contributed by atoms with Gasteiger partial charge in [0, 0.05) is 41.6 Å². The zero-order valence-electron chi connectivity index (χ0n) is 13.2. The third-order valence-electron chi connectivity index (χ3n) is 3.83. The maximum atomic E-state index is 5.76. The summed E-state index contributed by atoms with van der Waals surface area (Å²) in [6.07, 6.45) is 8.43. The van der Waals surface area contributed by atoms with Crippen molar-refractivity contribution in [2.24, 2.45) is 11.7 Å². The Bertz CT molecular complexity index is 759. The summed E-state index contributed by atoms with van der Waals surface area (Å²) in [5.41, 5.74) is 10.5. The zero-order chi connectivity index (χ0) is 15.5. The molecule has 1 aromatic carbocycles. The van der Waals surface area contributed by atoms with Crippen LogP contribution in [0.5, 0.6) is 0 Å². The van der Waals surface area contributed by atoms with Crippen molar-refractivity contribution in [3.8, 4) is 11.1 Å². The van der Waals surface area contributed by atoms with E-state index in [1.165, 1.54) is 16.5 Å². The lowest BCUT2D eigenvalue weighted by molar-refractivity contribution is 0.534. The van der Waals surface area contributed by atoms with E-state index in [0.29, 0.717) is 12.5 Å². The third-order valence-corrected chi connectivity index (χ3v) is 3.83. The minimum absolute atomic E-state index is 0.602. The molecule has 0 aliphatic carbocycles. The van der Waals surface area contributed by atoms with Crippen molar-refractivity contribution in [2.45, 2.75) is 26.8 Å². The van der Waals surface area contributed by atoms with Gasteiger partial charge in [-0.2, -0.15) is 0 Å². The van der Waals surface area contributed by atoms with E-state index < -0.39 is 0 Å². The van der Waals surface area contributed by atoms with Crippen LogP contribution in [0.15, 0.2) is 43.1 Å². The Kier molecular flexibility index (Phi) is 4.20. The first kappa shape index (κ1) is 14.7. The number of hydrogen-bond acceptors (Lipinski definition) is 3. The van der Waals surface area contributed by atoms with Crippen LogP contribution >= 0.6 is 0 Å². The number of hydrogen-bond donors (Lipinski definition) is 1. The fourth-order valence-electron chi connectivity index (χ4n) is 2.89. The number of rotatable bonds is 5. The predicted octanol–water partition coefficient (Wildman–Crippen LogP) is 3.26. The molecule has 4 heteroatoms. The third kappa shape index (κ3) is 2.88. The van der Waals surface area contributed by atoms with Gasteiger partial charge in [-0.05, 0) is 36.1 Å². The lowest BCUT2D eigenvalue weighted by Gasteiger charge is -2.09. The molecule has 0 spiro atoms. The summed E-state index contributed by atoms with van der Waals surface area (Å²) in [6.45, 7) is 6.16. The van der Waals surface area contributed by atoms with E-state index in [9.17, 15) is 0 Å². The van der Waals surface area contributed by atoms with Gasteiger partial charge in [-0.1, -0.05) is 26.0 Å². The fourth-order valence-corrected chi connectivity index (χ4v) is 2.89. The van der Waals surface area contributed by atoms with E-state index in [0.717, 1.165) is 24.1 Å². The molecule has 0 amide bonds. The summed E-state index contributed by atoms with van der Waals surface area (Å²) in [5, 5.41) is 1.30. The van der Waals surface area contributed by atoms with Crippen LogP contribution in [0.25, 0.3) is 22.0 Å². The fraction of sp³-hybridized carbons (Fsp3) is 0.333. The molecule has 3 aromatic rings. The second kappa shape index (κ2) is 6.28. The quantitative estimate of drug-likeness (QED) is 0.786. The lowest BCUT2D eigenvalue weighted by atomic mass is 10.0. The summed E-state index contributed by atoms with van der Waals surface area (Å²) >= 11 is 0. The molecule has 0 saturated heterocycles. The van der Waals surface area contributed by atoms with Gasteiger partial charge in [-0.3, -0.25) is 0 Å². The van der Waals surface area contributed by atoms with Gasteiger partial charge in [0.15, 0.2) is 0 Å². The van der Waals surface area contributed by atoms with Gasteiger partial charge in [-0.15, -0.1) is 0 Å². The monoisotopic (exact) mass is 294 g/mol. The summed E-state index contributed by atoms with van der Waals surface area (Å²) < 4.78 is 2.35. The van der Waals surface area contributed by atoms with Gasteiger partial charge >= 0.3 is 0 Å². The Morgan fingerprint density at radius 1 is 1.14 bits per heavy atom. The Hall–Kier alpha value is -2.20. The SMILES string of the molecule is CC(C)Cn1cc(CCN)c2ccc(-c3cncnc3)cc21. The van der Waals surface area contributed by atoms with Gasteiger partial charge < -0.3 is 10.3 Å². The Labute approximate surface area is 131 Å². The van der Waals surface area contributed by atoms with Crippen molar-refractivity contribution in [1.82, 2.24) is 14.5 Å². The largest absolute Gasteiger partial charge is 0.347 e. The van der Waals surface area contributed by atoms with Gasteiger partial charge in [0.2, 0.25) is 0 Å². The van der Waals surface area contributed by atoms with Crippen molar-refractivity contribution in [2.75, 3.05) is 6.54 Å². The Morgan fingerprint density at radius 2 is 1.91 bits per heavy atom. The van der Waals surface area contributed by atoms with Crippen LogP contribution < -0.4 is 5.73 Å². The van der Waals surface area contributed by atoms with Crippen molar-refractivity contribution < 1.29 is 0 Å². The Morgan fingerprint density at radius 3 is 2.59 bits per heavy atom. The van der Waals surface area contributed by atoms with Crippen molar-refractivity contribution >= 4 is 10.9 Å². The van der Waals surface area contributed by atoms with E-state index in [1.807, 2.05) is 12.4 Å². The number of nitrogens with zero attached hydrogens (tertiary/aromatic N) is 3. The van der Waals surface area contributed by atoms with Gasteiger partial charge in [-0.25, -0.2) is 9.97 Å². The normalized spacial score (nSPS) is 11.5. The molecule has 22 heavy (non-hydrogen) atoms. The molecular weight excluding hydrogens is 272 g/mol. The second-order valence-electron chi connectivity index (χ2n) is 6.10. The molecule has 0 aliphatic heterocycles. The Balaban J connectivity index is 2.12. The minimum atomic E-state index is 0.602. The maximum Gasteiger partial charge on any atom is 0.115 e. The molecular formula is C18H22N4. The standard InChI is InChI=1S/C18H22N4/c1-13(2)10-22-11-15(5-6-19)17-4-3-14(7-18(17)22)16-8-20-12-21-9-16/h3-4,7-9,11-13H,5-6,10,19H2,1-2H3. The lowest BCUT2D eigenvalue weighted by Crippen LogP contribution is -2.04.